The second-order valence-corrected chi connectivity index (χ2v) is 6.75. The summed E-state index contributed by atoms with van der Waals surface area (Å²) in [7, 11) is 0. The summed E-state index contributed by atoms with van der Waals surface area (Å²) in [6.07, 6.45) is 0. The fourth-order valence-electron chi connectivity index (χ4n) is 2.94. The Bertz CT molecular complexity index is 1180. The molecule has 0 radical (unpaired) electrons. The Morgan fingerprint density at radius 2 is 1.92 bits per heavy atom. The lowest BCUT2D eigenvalue weighted by Crippen LogP contribution is -1.98. The quantitative estimate of drug-likeness (QED) is 0.520. The van der Waals surface area contributed by atoms with Crippen molar-refractivity contribution in [1.29, 1.82) is 0 Å². The van der Waals surface area contributed by atoms with Gasteiger partial charge >= 0.3 is 0 Å². The number of pyridine rings is 1. The Morgan fingerprint density at radius 1 is 1.00 bits per heavy atom. The molecule has 0 spiro atoms. The third kappa shape index (κ3) is 2.58. The summed E-state index contributed by atoms with van der Waals surface area (Å²) in [5.41, 5.74) is 2.86. The third-order valence-corrected chi connectivity index (χ3v) is 5.14. The highest BCUT2D eigenvalue weighted by molar-refractivity contribution is 7.18. The number of hydrogen-bond donors (Lipinski definition) is 1. The Hall–Kier alpha value is -3.32. The Balaban J connectivity index is 1.60. The van der Waals surface area contributed by atoms with E-state index in [2.05, 4.69) is 38.1 Å². The van der Waals surface area contributed by atoms with Gasteiger partial charge in [0.15, 0.2) is 5.82 Å². The molecule has 3 aromatic heterocycles. The van der Waals surface area contributed by atoms with Gasteiger partial charge < -0.3 is 4.74 Å². The summed E-state index contributed by atoms with van der Waals surface area (Å²) in [5, 5.41) is 18.2. The fraction of sp³-hybridized carbons (Fsp3) is 0.0526. The molecule has 6 nitrogen and oxygen atoms in total. The number of tetrazole rings is 1. The van der Waals surface area contributed by atoms with Crippen molar-refractivity contribution in [2.45, 2.75) is 6.61 Å². The number of fused-ring (bicyclic) bond motifs is 3. The van der Waals surface area contributed by atoms with E-state index < -0.39 is 0 Å². The molecular weight excluding hydrogens is 346 g/mol. The largest absolute Gasteiger partial charge is 0.472 e. The molecule has 1 N–H and O–H groups in total. The molecule has 7 heteroatoms. The van der Waals surface area contributed by atoms with Crippen LogP contribution < -0.4 is 4.74 Å². The lowest BCUT2D eigenvalue weighted by atomic mass is 10.1. The van der Waals surface area contributed by atoms with Gasteiger partial charge in [0.2, 0.25) is 5.88 Å². The number of nitrogens with zero attached hydrogens (tertiary/aromatic N) is 4. The highest BCUT2D eigenvalue weighted by Gasteiger charge is 2.13. The molecule has 3 heterocycles. The molecule has 0 unspecified atom stereocenters. The maximum Gasteiger partial charge on any atom is 0.223 e. The molecular formula is C19H13N5OS. The number of aromatic amines is 1. The van der Waals surface area contributed by atoms with E-state index in [1.807, 2.05) is 42.5 Å². The molecule has 0 amide bonds. The van der Waals surface area contributed by atoms with Crippen molar-refractivity contribution >= 4 is 32.3 Å². The van der Waals surface area contributed by atoms with Crippen molar-refractivity contribution in [3.8, 4) is 17.3 Å². The normalized spacial score (nSPS) is 11.2. The molecule has 5 aromatic rings. The van der Waals surface area contributed by atoms with Crippen LogP contribution in [0.4, 0.5) is 0 Å². The number of ether oxygens (including phenoxy) is 1. The van der Waals surface area contributed by atoms with Gasteiger partial charge in [-0.1, -0.05) is 42.5 Å². The standard InChI is InChI=1S/C19H13N5OS/c1-2-4-12(5-3-1)11-25-19-15-8-9-26-17(15)14-7-6-13(10-16(14)20-19)18-21-23-24-22-18/h1-10H,11H2,(H,21,22,23,24). The number of hydrogen-bond acceptors (Lipinski definition) is 6. The molecule has 5 rings (SSSR count). The van der Waals surface area contributed by atoms with Crippen molar-refractivity contribution in [2.24, 2.45) is 0 Å². The first kappa shape index (κ1) is 15.0. The summed E-state index contributed by atoms with van der Waals surface area (Å²) < 4.78 is 7.22. The number of H-pyrrole nitrogens is 1. The monoisotopic (exact) mass is 359 g/mol. The third-order valence-electron chi connectivity index (χ3n) is 4.20. The smallest absolute Gasteiger partial charge is 0.223 e. The number of rotatable bonds is 4. The van der Waals surface area contributed by atoms with E-state index in [1.165, 1.54) is 4.70 Å². The zero-order chi connectivity index (χ0) is 17.3. The molecule has 0 aliphatic rings. The summed E-state index contributed by atoms with van der Waals surface area (Å²) >= 11 is 1.69. The van der Waals surface area contributed by atoms with Gasteiger partial charge in [0.1, 0.15) is 6.61 Å². The molecule has 0 saturated carbocycles. The van der Waals surface area contributed by atoms with Crippen LogP contribution in [-0.2, 0) is 6.61 Å². The minimum absolute atomic E-state index is 0.482. The van der Waals surface area contributed by atoms with Crippen molar-refractivity contribution in [1.82, 2.24) is 25.6 Å². The maximum atomic E-state index is 6.05. The molecule has 0 aliphatic carbocycles. The molecule has 0 bridgehead atoms. The van der Waals surface area contributed by atoms with Gasteiger partial charge in [0, 0.05) is 15.6 Å². The van der Waals surface area contributed by atoms with Crippen LogP contribution in [0.25, 0.3) is 32.4 Å². The van der Waals surface area contributed by atoms with Crippen LogP contribution in [0.2, 0.25) is 0 Å². The number of nitrogens with one attached hydrogen (secondary N) is 1. The molecule has 2 aromatic carbocycles. The van der Waals surface area contributed by atoms with Crippen LogP contribution in [0, 0.1) is 0 Å². The van der Waals surface area contributed by atoms with E-state index in [4.69, 9.17) is 9.72 Å². The summed E-state index contributed by atoms with van der Waals surface area (Å²) in [6.45, 7) is 0.482. The first-order chi connectivity index (χ1) is 12.9. The van der Waals surface area contributed by atoms with E-state index in [9.17, 15) is 0 Å². The average Bonchev–Trinajstić information content (AvgIpc) is 3.38. The van der Waals surface area contributed by atoms with Gasteiger partial charge in [-0.05, 0) is 33.5 Å². The Morgan fingerprint density at radius 3 is 2.77 bits per heavy atom. The molecule has 0 fully saturated rings. The molecule has 126 valence electrons. The Kier molecular flexibility index (Phi) is 3.57. The zero-order valence-corrected chi connectivity index (χ0v) is 14.4. The summed E-state index contributed by atoms with van der Waals surface area (Å²) in [4.78, 5) is 4.76. The molecule has 26 heavy (non-hydrogen) atoms. The van der Waals surface area contributed by atoms with Gasteiger partial charge in [0.25, 0.3) is 0 Å². The van der Waals surface area contributed by atoms with Crippen LogP contribution >= 0.6 is 11.3 Å². The lowest BCUT2D eigenvalue weighted by Gasteiger charge is -2.09. The van der Waals surface area contributed by atoms with E-state index in [0.29, 0.717) is 18.3 Å². The predicted molar refractivity (Wildman–Crippen MR) is 101 cm³/mol. The van der Waals surface area contributed by atoms with Gasteiger partial charge in [-0.3, -0.25) is 0 Å². The van der Waals surface area contributed by atoms with Crippen LogP contribution in [0.5, 0.6) is 5.88 Å². The van der Waals surface area contributed by atoms with Crippen molar-refractivity contribution in [3.63, 3.8) is 0 Å². The van der Waals surface area contributed by atoms with Crippen LogP contribution in [0.15, 0.2) is 60.0 Å². The zero-order valence-electron chi connectivity index (χ0n) is 13.6. The van der Waals surface area contributed by atoms with Gasteiger partial charge in [-0.2, -0.15) is 0 Å². The van der Waals surface area contributed by atoms with Crippen molar-refractivity contribution in [2.75, 3.05) is 0 Å². The minimum Gasteiger partial charge on any atom is -0.472 e. The Labute approximate surface area is 152 Å². The first-order valence-electron chi connectivity index (χ1n) is 8.10. The predicted octanol–water partition coefficient (Wildman–Crippen LogP) is 4.21. The van der Waals surface area contributed by atoms with Crippen LogP contribution in [0.1, 0.15) is 5.56 Å². The second kappa shape index (κ2) is 6.20. The van der Waals surface area contributed by atoms with E-state index in [1.54, 1.807) is 11.3 Å². The van der Waals surface area contributed by atoms with Crippen LogP contribution in [0.3, 0.4) is 0 Å². The lowest BCUT2D eigenvalue weighted by molar-refractivity contribution is 0.299. The summed E-state index contributed by atoms with van der Waals surface area (Å²) in [6, 6.07) is 18.2. The number of benzene rings is 2. The molecule has 0 aliphatic heterocycles. The van der Waals surface area contributed by atoms with Gasteiger partial charge in [0.05, 0.1) is 10.9 Å². The highest BCUT2D eigenvalue weighted by Crippen LogP contribution is 2.36. The fourth-order valence-corrected chi connectivity index (χ4v) is 3.86. The minimum atomic E-state index is 0.482. The van der Waals surface area contributed by atoms with Gasteiger partial charge in [-0.15, -0.1) is 16.4 Å². The maximum absolute atomic E-state index is 6.05. The average molecular weight is 359 g/mol. The van der Waals surface area contributed by atoms with Gasteiger partial charge in [-0.25, -0.2) is 10.1 Å². The SMILES string of the molecule is c1ccc(COc2nc3cc(-c4nnn[nH]4)ccc3c3sccc23)cc1. The van der Waals surface area contributed by atoms with Crippen LogP contribution in [-0.4, -0.2) is 25.6 Å². The summed E-state index contributed by atoms with van der Waals surface area (Å²) in [5.74, 6) is 1.26. The topological polar surface area (TPSA) is 76.6 Å². The number of thiophene rings is 1. The van der Waals surface area contributed by atoms with E-state index in [0.717, 1.165) is 27.4 Å². The van der Waals surface area contributed by atoms with E-state index in [-0.39, 0.29) is 0 Å². The van der Waals surface area contributed by atoms with E-state index >= 15 is 0 Å². The van der Waals surface area contributed by atoms with Crippen molar-refractivity contribution < 1.29 is 4.74 Å². The second-order valence-electron chi connectivity index (χ2n) is 5.84. The molecule has 0 atom stereocenters. The number of aromatic nitrogens is 5. The van der Waals surface area contributed by atoms with Crippen molar-refractivity contribution in [3.05, 3.63) is 65.5 Å². The molecule has 0 saturated heterocycles. The first-order valence-corrected chi connectivity index (χ1v) is 8.98. The highest BCUT2D eigenvalue weighted by atomic mass is 32.1.